The Morgan fingerprint density at radius 2 is 1.37 bits per heavy atom. The Kier molecular flexibility index (Phi) is 11.7. The third-order valence-electron chi connectivity index (χ3n) is 7.25. The number of benzene rings is 3. The summed E-state index contributed by atoms with van der Waals surface area (Å²) in [5, 5.41) is 0. The first-order valence-corrected chi connectivity index (χ1v) is 14.8. The van der Waals surface area contributed by atoms with Crippen molar-refractivity contribution in [2.24, 2.45) is 0 Å². The lowest BCUT2D eigenvalue weighted by Gasteiger charge is -2.11. The summed E-state index contributed by atoms with van der Waals surface area (Å²) in [6.07, 6.45) is 2.34. The Morgan fingerprint density at radius 3 is 2.04 bits per heavy atom. The Bertz CT molecular complexity index is 1610. The molecule has 1 unspecified atom stereocenters. The number of carbonyl (C=O) groups is 4. The Balaban J connectivity index is 1.25. The molecular formula is C36H36O10. The van der Waals surface area contributed by atoms with Crippen molar-refractivity contribution in [2.45, 2.75) is 32.1 Å². The van der Waals surface area contributed by atoms with Crippen molar-refractivity contribution in [1.82, 2.24) is 0 Å². The van der Waals surface area contributed by atoms with Gasteiger partial charge >= 0.3 is 23.9 Å². The number of carbonyl (C=O) groups excluding carboxylic acids is 4. The molecule has 10 nitrogen and oxygen atoms in total. The lowest BCUT2D eigenvalue weighted by molar-refractivity contribution is -0.144. The summed E-state index contributed by atoms with van der Waals surface area (Å²) in [6.45, 7) is 9.85. The van der Waals surface area contributed by atoms with E-state index in [2.05, 4.69) is 24.8 Å². The van der Waals surface area contributed by atoms with E-state index in [1.807, 2.05) is 30.3 Å². The van der Waals surface area contributed by atoms with Gasteiger partial charge in [-0.05, 0) is 83.6 Å². The van der Waals surface area contributed by atoms with Gasteiger partial charge in [0.25, 0.3) is 0 Å². The summed E-state index contributed by atoms with van der Waals surface area (Å²) >= 11 is 0. The van der Waals surface area contributed by atoms with E-state index in [0.717, 1.165) is 40.5 Å². The molecule has 0 saturated carbocycles. The van der Waals surface area contributed by atoms with Crippen LogP contribution in [0.25, 0.3) is 11.1 Å². The molecule has 0 spiro atoms. The average Bonchev–Trinajstić information content (AvgIpc) is 3.34. The molecule has 1 aliphatic rings. The van der Waals surface area contributed by atoms with E-state index in [4.69, 9.17) is 23.7 Å². The number of hydrogen-bond acceptors (Lipinski definition) is 10. The van der Waals surface area contributed by atoms with Gasteiger partial charge in [0.1, 0.15) is 30.5 Å². The fourth-order valence-electron chi connectivity index (χ4n) is 4.80. The maximum Gasteiger partial charge on any atom is 0.343 e. The van der Waals surface area contributed by atoms with Crippen molar-refractivity contribution in [3.05, 3.63) is 102 Å². The standard InChI is InChI=1S/C36H36O10/c1-5-33(37)44-17-7-6-16-42-27-12-14-29-30-15-13-28(22-32(30)24(3)31(29)21-27)46-36(40)25-8-10-26(11-9-25)43-18-19-45-35(39)23(2)20-34(38)41-4/h5,8-15,21-22,24H,1-2,6-7,16-20H2,3-4H3. The molecule has 0 amide bonds. The molecule has 0 radical (unpaired) electrons. The van der Waals surface area contributed by atoms with Gasteiger partial charge in [-0.1, -0.05) is 32.2 Å². The summed E-state index contributed by atoms with van der Waals surface area (Å²) in [7, 11) is 1.22. The van der Waals surface area contributed by atoms with Gasteiger partial charge < -0.3 is 28.4 Å². The van der Waals surface area contributed by atoms with Crippen molar-refractivity contribution in [1.29, 1.82) is 0 Å². The van der Waals surface area contributed by atoms with Crippen molar-refractivity contribution in [2.75, 3.05) is 33.5 Å². The lowest BCUT2D eigenvalue weighted by Crippen LogP contribution is -2.15. The average molecular weight is 629 g/mol. The van der Waals surface area contributed by atoms with E-state index in [0.29, 0.717) is 36.7 Å². The normalized spacial score (nSPS) is 12.6. The predicted octanol–water partition coefficient (Wildman–Crippen LogP) is 5.97. The van der Waals surface area contributed by atoms with Crippen LogP contribution in [0.15, 0.2) is 85.5 Å². The van der Waals surface area contributed by atoms with E-state index >= 15 is 0 Å². The van der Waals surface area contributed by atoms with Gasteiger partial charge in [0, 0.05) is 17.6 Å². The van der Waals surface area contributed by atoms with E-state index in [1.54, 1.807) is 30.3 Å². The number of fused-ring (bicyclic) bond motifs is 3. The highest BCUT2D eigenvalue weighted by Gasteiger charge is 2.27. The topological polar surface area (TPSA) is 124 Å². The zero-order valence-electron chi connectivity index (χ0n) is 25.9. The molecule has 0 heterocycles. The second-order valence-electron chi connectivity index (χ2n) is 10.4. The van der Waals surface area contributed by atoms with E-state index in [-0.39, 0.29) is 31.1 Å². The number of ether oxygens (including phenoxy) is 6. The molecular weight excluding hydrogens is 592 g/mol. The minimum absolute atomic E-state index is 0.00818. The number of unbranched alkanes of at least 4 members (excludes halogenated alkanes) is 1. The van der Waals surface area contributed by atoms with Crippen molar-refractivity contribution in [3.8, 4) is 28.4 Å². The van der Waals surface area contributed by atoms with Crippen LogP contribution in [0.2, 0.25) is 0 Å². The van der Waals surface area contributed by atoms with Crippen LogP contribution in [0.4, 0.5) is 0 Å². The summed E-state index contributed by atoms with van der Waals surface area (Å²) < 4.78 is 31.7. The molecule has 1 aliphatic carbocycles. The zero-order chi connectivity index (χ0) is 33.1. The van der Waals surface area contributed by atoms with Crippen LogP contribution in [0.5, 0.6) is 17.2 Å². The molecule has 3 aromatic carbocycles. The Hall–Kier alpha value is -5.38. The molecule has 0 aliphatic heterocycles. The first-order valence-electron chi connectivity index (χ1n) is 14.8. The van der Waals surface area contributed by atoms with Crippen LogP contribution < -0.4 is 14.2 Å². The van der Waals surface area contributed by atoms with Crippen LogP contribution in [0.3, 0.4) is 0 Å². The molecule has 10 heteroatoms. The van der Waals surface area contributed by atoms with Gasteiger partial charge in [-0.15, -0.1) is 0 Å². The predicted molar refractivity (Wildman–Crippen MR) is 169 cm³/mol. The van der Waals surface area contributed by atoms with Gasteiger partial charge in [-0.2, -0.15) is 0 Å². The lowest BCUT2D eigenvalue weighted by atomic mass is 9.99. The molecule has 1 atom stereocenters. The first kappa shape index (κ1) is 33.5. The molecule has 0 aromatic heterocycles. The summed E-state index contributed by atoms with van der Waals surface area (Å²) in [5.41, 5.74) is 4.71. The van der Waals surface area contributed by atoms with E-state index < -0.39 is 23.9 Å². The fourth-order valence-corrected chi connectivity index (χ4v) is 4.80. The molecule has 0 N–H and O–H groups in total. The van der Waals surface area contributed by atoms with Crippen LogP contribution in [0.1, 0.15) is 53.6 Å². The highest BCUT2D eigenvalue weighted by Crippen LogP contribution is 2.47. The van der Waals surface area contributed by atoms with Crippen molar-refractivity contribution < 1.29 is 47.6 Å². The quantitative estimate of drug-likeness (QED) is 0.0616. The molecule has 46 heavy (non-hydrogen) atoms. The highest BCUT2D eigenvalue weighted by atomic mass is 16.6. The van der Waals surface area contributed by atoms with Crippen molar-refractivity contribution >= 4 is 23.9 Å². The van der Waals surface area contributed by atoms with E-state index in [1.165, 1.54) is 7.11 Å². The summed E-state index contributed by atoms with van der Waals surface area (Å²) in [4.78, 5) is 47.1. The van der Waals surface area contributed by atoms with Crippen molar-refractivity contribution in [3.63, 3.8) is 0 Å². The second-order valence-corrected chi connectivity index (χ2v) is 10.4. The molecule has 3 aromatic rings. The van der Waals surface area contributed by atoms with Gasteiger partial charge in [0.2, 0.25) is 0 Å². The minimum Gasteiger partial charge on any atom is -0.494 e. The summed E-state index contributed by atoms with van der Waals surface area (Å²) in [5.74, 6) is -0.465. The van der Waals surface area contributed by atoms with Crippen LogP contribution in [-0.4, -0.2) is 57.4 Å². The third kappa shape index (κ3) is 8.84. The maximum atomic E-state index is 12.9. The van der Waals surface area contributed by atoms with Gasteiger partial charge in [0.05, 0.1) is 32.3 Å². The fraction of sp³-hybridized carbons (Fsp3) is 0.278. The van der Waals surface area contributed by atoms with E-state index in [9.17, 15) is 19.2 Å². The zero-order valence-corrected chi connectivity index (χ0v) is 25.9. The smallest absolute Gasteiger partial charge is 0.343 e. The van der Waals surface area contributed by atoms with Gasteiger partial charge in [-0.25, -0.2) is 14.4 Å². The molecule has 0 bridgehead atoms. The minimum atomic E-state index is -0.704. The first-order chi connectivity index (χ1) is 22.2. The van der Waals surface area contributed by atoms with Gasteiger partial charge in [-0.3, -0.25) is 4.79 Å². The number of hydrogen-bond donors (Lipinski definition) is 0. The third-order valence-corrected chi connectivity index (χ3v) is 7.25. The molecule has 0 saturated heterocycles. The Labute approximate surface area is 267 Å². The summed E-state index contributed by atoms with van der Waals surface area (Å²) in [6, 6.07) is 18.1. The maximum absolute atomic E-state index is 12.9. The number of methoxy groups -OCH3 is 1. The second kappa shape index (κ2) is 16.1. The molecule has 4 rings (SSSR count). The van der Waals surface area contributed by atoms with Crippen LogP contribution in [0, 0.1) is 0 Å². The number of esters is 4. The van der Waals surface area contributed by atoms with Crippen LogP contribution >= 0.6 is 0 Å². The molecule has 0 fully saturated rings. The number of rotatable bonds is 16. The highest BCUT2D eigenvalue weighted by molar-refractivity contribution is 5.93. The van der Waals surface area contributed by atoms with Crippen LogP contribution in [-0.2, 0) is 28.6 Å². The molecule has 240 valence electrons. The monoisotopic (exact) mass is 628 g/mol. The largest absolute Gasteiger partial charge is 0.494 e. The van der Waals surface area contributed by atoms with Gasteiger partial charge in [0.15, 0.2) is 0 Å². The SMILES string of the molecule is C=CC(=O)OCCCCOc1ccc2c(c1)C(C)c1cc(OC(=O)c3ccc(OCCOC(=O)C(=C)CC(=O)OC)cc3)ccc1-2. The Morgan fingerprint density at radius 1 is 0.761 bits per heavy atom.